The van der Waals surface area contributed by atoms with Gasteiger partial charge in [-0.05, 0) is 41.5 Å². The Morgan fingerprint density at radius 3 is 2.70 bits per heavy atom. The summed E-state index contributed by atoms with van der Waals surface area (Å²) in [7, 11) is 0. The van der Waals surface area contributed by atoms with E-state index in [2.05, 4.69) is 15.0 Å². The maximum atomic E-state index is 12.2. The quantitative estimate of drug-likeness (QED) is 0.302. The Labute approximate surface area is 170 Å². The number of nitrogens with one attached hydrogen (secondary N) is 1. The van der Waals surface area contributed by atoms with Crippen molar-refractivity contribution in [1.29, 1.82) is 0 Å². The number of rotatable bonds is 5. The number of fused-ring (bicyclic) bond motifs is 1. The lowest BCUT2D eigenvalue weighted by atomic mass is 10.0. The number of aromatic nitrogens is 3. The highest BCUT2D eigenvalue weighted by molar-refractivity contribution is 6.02. The number of pyridine rings is 1. The second kappa shape index (κ2) is 7.96. The van der Waals surface area contributed by atoms with E-state index in [0.717, 1.165) is 5.56 Å². The Morgan fingerprint density at radius 1 is 1.07 bits per heavy atom. The molecule has 0 bridgehead atoms. The topological polar surface area (TPSA) is 124 Å². The molecule has 0 radical (unpaired) electrons. The molecule has 8 nitrogen and oxygen atoms in total. The highest BCUT2D eigenvalue weighted by Crippen LogP contribution is 2.26. The van der Waals surface area contributed by atoms with E-state index in [9.17, 15) is 20.1 Å². The van der Waals surface area contributed by atoms with E-state index < -0.39 is 5.56 Å². The van der Waals surface area contributed by atoms with Gasteiger partial charge in [0, 0.05) is 35.6 Å². The SMILES string of the molecule is O=c1[nH]c(O)c(C=NCc2ccc(O)c(O)c2)c2cc(C=Cn3ccnc3)ccc12. The molecule has 0 aliphatic carbocycles. The summed E-state index contributed by atoms with van der Waals surface area (Å²) in [5.41, 5.74) is 1.50. The summed E-state index contributed by atoms with van der Waals surface area (Å²) in [5.74, 6) is -0.710. The average Bonchev–Trinajstić information content (AvgIpc) is 3.25. The van der Waals surface area contributed by atoms with Crippen molar-refractivity contribution in [2.75, 3.05) is 0 Å². The number of hydrogen-bond donors (Lipinski definition) is 4. The van der Waals surface area contributed by atoms with Crippen LogP contribution in [-0.2, 0) is 6.54 Å². The van der Waals surface area contributed by atoms with Crippen LogP contribution in [0, 0.1) is 0 Å². The molecule has 150 valence electrons. The molecule has 2 aromatic carbocycles. The molecule has 0 aliphatic rings. The zero-order chi connectivity index (χ0) is 21.1. The van der Waals surface area contributed by atoms with Crippen LogP contribution < -0.4 is 5.56 Å². The van der Waals surface area contributed by atoms with Crippen LogP contribution in [0.5, 0.6) is 17.4 Å². The summed E-state index contributed by atoms with van der Waals surface area (Å²) in [6, 6.07) is 9.73. The van der Waals surface area contributed by atoms with Gasteiger partial charge in [-0.15, -0.1) is 0 Å². The normalized spacial score (nSPS) is 11.7. The fraction of sp³-hybridized carbons (Fsp3) is 0.0455. The number of H-pyrrole nitrogens is 1. The molecular formula is C22H18N4O4. The lowest BCUT2D eigenvalue weighted by Gasteiger charge is -2.06. The van der Waals surface area contributed by atoms with Crippen molar-refractivity contribution in [3.05, 3.63) is 82.2 Å². The van der Waals surface area contributed by atoms with Crippen molar-refractivity contribution in [1.82, 2.24) is 14.5 Å². The Hall–Kier alpha value is -4.33. The zero-order valence-electron chi connectivity index (χ0n) is 15.7. The summed E-state index contributed by atoms with van der Waals surface area (Å²) >= 11 is 0. The number of aromatic amines is 1. The minimum atomic E-state index is -0.395. The van der Waals surface area contributed by atoms with Crippen molar-refractivity contribution >= 4 is 29.3 Å². The molecule has 4 N–H and O–H groups in total. The molecule has 2 heterocycles. The third kappa shape index (κ3) is 3.93. The number of nitrogens with zero attached hydrogens (tertiary/aromatic N) is 3. The number of aliphatic imine (C=N–C) groups is 1. The van der Waals surface area contributed by atoms with Crippen molar-refractivity contribution in [3.8, 4) is 17.4 Å². The molecule has 0 amide bonds. The molecule has 0 saturated carbocycles. The van der Waals surface area contributed by atoms with E-state index in [4.69, 9.17) is 0 Å². The number of imidazole rings is 1. The molecule has 8 heteroatoms. The summed E-state index contributed by atoms with van der Waals surface area (Å²) in [4.78, 5) is 22.9. The molecule has 0 saturated heterocycles. The van der Waals surface area contributed by atoms with Crippen LogP contribution in [-0.4, -0.2) is 36.1 Å². The van der Waals surface area contributed by atoms with Crippen LogP contribution in [0.2, 0.25) is 0 Å². The van der Waals surface area contributed by atoms with Gasteiger partial charge in [-0.2, -0.15) is 0 Å². The van der Waals surface area contributed by atoms with Gasteiger partial charge in [0.25, 0.3) is 5.56 Å². The molecular weight excluding hydrogens is 384 g/mol. The maximum Gasteiger partial charge on any atom is 0.258 e. The average molecular weight is 402 g/mol. The highest BCUT2D eigenvalue weighted by atomic mass is 16.3. The maximum absolute atomic E-state index is 12.2. The van der Waals surface area contributed by atoms with Crippen molar-refractivity contribution in [3.63, 3.8) is 0 Å². The minimum absolute atomic E-state index is 0.205. The van der Waals surface area contributed by atoms with Gasteiger partial charge in [0.15, 0.2) is 11.5 Å². The van der Waals surface area contributed by atoms with Gasteiger partial charge in [-0.25, -0.2) is 4.98 Å². The first-order valence-electron chi connectivity index (χ1n) is 9.06. The molecule has 2 aromatic heterocycles. The van der Waals surface area contributed by atoms with Gasteiger partial charge >= 0.3 is 0 Å². The number of benzene rings is 2. The summed E-state index contributed by atoms with van der Waals surface area (Å²) in [5, 5.41) is 30.3. The third-order valence-corrected chi connectivity index (χ3v) is 4.56. The summed E-state index contributed by atoms with van der Waals surface area (Å²) < 4.78 is 1.79. The Morgan fingerprint density at radius 2 is 1.93 bits per heavy atom. The van der Waals surface area contributed by atoms with Gasteiger partial charge in [-0.1, -0.05) is 12.1 Å². The molecule has 0 fully saturated rings. The molecule has 0 aliphatic heterocycles. The first-order chi connectivity index (χ1) is 14.5. The van der Waals surface area contributed by atoms with E-state index in [1.54, 1.807) is 41.5 Å². The van der Waals surface area contributed by atoms with Crippen LogP contribution in [0.3, 0.4) is 0 Å². The zero-order valence-corrected chi connectivity index (χ0v) is 15.7. The van der Waals surface area contributed by atoms with E-state index in [0.29, 0.717) is 21.9 Å². The van der Waals surface area contributed by atoms with Crippen LogP contribution in [0.15, 0.2) is 64.9 Å². The standard InChI is InChI=1S/C22H18N4O4/c27-19-4-2-15(10-20(19)28)11-24-12-18-17-9-14(5-7-26-8-6-23-13-26)1-3-16(17)21(29)25-22(18)30/h1-10,12-13,27-28H,11H2,(H2,25,29,30). The fourth-order valence-electron chi connectivity index (χ4n) is 3.03. The number of aromatic hydroxyl groups is 3. The van der Waals surface area contributed by atoms with Crippen molar-refractivity contribution in [2.24, 2.45) is 4.99 Å². The first-order valence-corrected chi connectivity index (χ1v) is 9.06. The summed E-state index contributed by atoms with van der Waals surface area (Å²) in [6.45, 7) is 0.216. The van der Waals surface area contributed by atoms with Crippen LogP contribution in [0.25, 0.3) is 23.0 Å². The smallest absolute Gasteiger partial charge is 0.258 e. The predicted octanol–water partition coefficient (Wildman–Crippen LogP) is 3.09. The van der Waals surface area contributed by atoms with Gasteiger partial charge in [0.05, 0.1) is 18.4 Å². The van der Waals surface area contributed by atoms with E-state index >= 15 is 0 Å². The van der Waals surface area contributed by atoms with Crippen molar-refractivity contribution in [2.45, 2.75) is 6.54 Å². The monoisotopic (exact) mass is 402 g/mol. The second-order valence-corrected chi connectivity index (χ2v) is 6.64. The van der Waals surface area contributed by atoms with Crippen LogP contribution in [0.4, 0.5) is 0 Å². The predicted molar refractivity (Wildman–Crippen MR) is 115 cm³/mol. The van der Waals surface area contributed by atoms with Crippen LogP contribution >= 0.6 is 0 Å². The van der Waals surface area contributed by atoms with Crippen molar-refractivity contribution < 1.29 is 15.3 Å². The lowest BCUT2D eigenvalue weighted by molar-refractivity contribution is 0.403. The molecule has 30 heavy (non-hydrogen) atoms. The molecule has 0 unspecified atom stereocenters. The lowest BCUT2D eigenvalue weighted by Crippen LogP contribution is -2.08. The van der Waals surface area contributed by atoms with Gasteiger partial charge in [0.2, 0.25) is 5.88 Å². The number of hydrogen-bond acceptors (Lipinski definition) is 6. The van der Waals surface area contributed by atoms with Crippen LogP contribution in [0.1, 0.15) is 16.7 Å². The fourth-order valence-corrected chi connectivity index (χ4v) is 3.03. The van der Waals surface area contributed by atoms with Gasteiger partial charge < -0.3 is 19.9 Å². The second-order valence-electron chi connectivity index (χ2n) is 6.64. The Balaban J connectivity index is 1.69. The number of phenolic OH excluding ortho intramolecular Hbond substituents is 2. The number of phenols is 2. The largest absolute Gasteiger partial charge is 0.504 e. The minimum Gasteiger partial charge on any atom is -0.504 e. The van der Waals surface area contributed by atoms with E-state index in [1.807, 2.05) is 18.3 Å². The Kier molecular flexibility index (Phi) is 5.04. The van der Waals surface area contributed by atoms with E-state index in [-0.39, 0.29) is 23.9 Å². The molecule has 4 aromatic rings. The first kappa shape index (κ1) is 19.0. The van der Waals surface area contributed by atoms with Gasteiger partial charge in [-0.3, -0.25) is 14.8 Å². The Bertz CT molecular complexity index is 1320. The summed E-state index contributed by atoms with van der Waals surface area (Å²) in [6.07, 6.45) is 10.3. The highest BCUT2D eigenvalue weighted by Gasteiger charge is 2.10. The molecule has 0 spiro atoms. The molecule has 4 rings (SSSR count). The van der Waals surface area contributed by atoms with E-state index in [1.165, 1.54) is 18.3 Å². The van der Waals surface area contributed by atoms with Gasteiger partial charge in [0.1, 0.15) is 0 Å². The third-order valence-electron chi connectivity index (χ3n) is 4.56. The molecule has 0 atom stereocenters.